The Balaban J connectivity index is 2.01. The number of rotatable bonds is 3. The number of ketones is 1. The lowest BCUT2D eigenvalue weighted by molar-refractivity contribution is -0.114. The van der Waals surface area contributed by atoms with Crippen molar-refractivity contribution in [3.05, 3.63) is 50.7 Å². The summed E-state index contributed by atoms with van der Waals surface area (Å²) in [6, 6.07) is 6.26. The molecule has 7 heteroatoms. The molecule has 1 aromatic heterocycles. The van der Waals surface area contributed by atoms with Crippen LogP contribution in [0.15, 0.2) is 29.6 Å². The summed E-state index contributed by atoms with van der Waals surface area (Å²) in [7, 11) is 0. The lowest BCUT2D eigenvalue weighted by Crippen LogP contribution is -2.29. The zero-order valence-corrected chi connectivity index (χ0v) is 12.1. The maximum absolute atomic E-state index is 12.1. The van der Waals surface area contributed by atoms with E-state index in [-0.39, 0.29) is 17.0 Å². The normalized spacial score (nSPS) is 13.7. The summed E-state index contributed by atoms with van der Waals surface area (Å²) in [5, 5.41) is 11.1. The number of carbonyl (C=O) groups is 3. The number of carbonyl (C=O) groups excluding carboxylic acids is 2. The van der Waals surface area contributed by atoms with Crippen molar-refractivity contribution in [3.8, 4) is 0 Å². The van der Waals surface area contributed by atoms with Gasteiger partial charge in [0, 0.05) is 5.02 Å². The quantitative estimate of drug-likeness (QED) is 0.882. The van der Waals surface area contributed by atoms with Gasteiger partial charge in [-0.2, -0.15) is 0 Å². The lowest BCUT2D eigenvalue weighted by Gasteiger charge is -2.16. The number of amides is 1. The van der Waals surface area contributed by atoms with E-state index in [2.05, 4.69) is 0 Å². The van der Waals surface area contributed by atoms with Crippen LogP contribution in [0.3, 0.4) is 0 Å². The molecule has 1 aliphatic rings. The molecule has 0 unspecified atom stereocenters. The number of Topliss-reactive ketones (excluding diaryl/α,β-unsaturated/α-hetero) is 1. The molecule has 0 aliphatic carbocycles. The van der Waals surface area contributed by atoms with Crippen molar-refractivity contribution in [3.63, 3.8) is 0 Å². The Bertz CT molecular complexity index is 783. The fourth-order valence-corrected chi connectivity index (χ4v) is 3.17. The SMILES string of the molecule is O=C1C(=O)N(Cc2ccsc2C(=O)O)c2ccc(Cl)cc21. The predicted octanol–water partition coefficient (Wildman–Crippen LogP) is 2.83. The van der Waals surface area contributed by atoms with Gasteiger partial charge >= 0.3 is 5.97 Å². The standard InChI is InChI=1S/C14H8ClNO4S/c15-8-1-2-10-9(5-8)11(17)13(18)16(10)6-7-3-4-21-12(7)14(19)20/h1-5H,6H2,(H,19,20). The first-order valence-corrected chi connectivity index (χ1v) is 7.20. The van der Waals surface area contributed by atoms with Crippen LogP contribution in [0.4, 0.5) is 5.69 Å². The van der Waals surface area contributed by atoms with E-state index < -0.39 is 17.7 Å². The van der Waals surface area contributed by atoms with Gasteiger partial charge in [0.1, 0.15) is 4.88 Å². The molecule has 0 fully saturated rings. The molecule has 1 amide bonds. The van der Waals surface area contributed by atoms with Crippen LogP contribution in [0.1, 0.15) is 25.6 Å². The largest absolute Gasteiger partial charge is 0.477 e. The van der Waals surface area contributed by atoms with Crippen LogP contribution in [0.5, 0.6) is 0 Å². The third-order valence-electron chi connectivity index (χ3n) is 3.20. The summed E-state index contributed by atoms with van der Waals surface area (Å²) < 4.78 is 0. The van der Waals surface area contributed by atoms with Crippen molar-refractivity contribution in [2.75, 3.05) is 4.90 Å². The molecule has 1 aromatic carbocycles. The van der Waals surface area contributed by atoms with Gasteiger partial charge in [0.25, 0.3) is 11.7 Å². The Labute approximate surface area is 128 Å². The summed E-state index contributed by atoms with van der Waals surface area (Å²) in [5.74, 6) is -2.34. The maximum Gasteiger partial charge on any atom is 0.346 e. The number of nitrogens with zero attached hydrogens (tertiary/aromatic N) is 1. The maximum atomic E-state index is 12.1. The van der Waals surface area contributed by atoms with E-state index in [1.165, 1.54) is 11.0 Å². The van der Waals surface area contributed by atoms with Crippen LogP contribution in [-0.2, 0) is 11.3 Å². The van der Waals surface area contributed by atoms with Crippen LogP contribution in [0.25, 0.3) is 0 Å². The molecule has 1 N–H and O–H groups in total. The zero-order chi connectivity index (χ0) is 15.1. The molecule has 2 aromatic rings. The van der Waals surface area contributed by atoms with Crippen LogP contribution in [0, 0.1) is 0 Å². The Hall–Kier alpha value is -2.18. The third-order valence-corrected chi connectivity index (χ3v) is 4.38. The number of hydrogen-bond acceptors (Lipinski definition) is 4. The van der Waals surface area contributed by atoms with Crippen LogP contribution < -0.4 is 4.90 Å². The molecule has 0 bridgehead atoms. The highest BCUT2D eigenvalue weighted by atomic mass is 35.5. The average molecular weight is 322 g/mol. The van der Waals surface area contributed by atoms with Gasteiger partial charge in [-0.3, -0.25) is 9.59 Å². The number of benzene rings is 1. The number of anilines is 1. The Kier molecular flexibility index (Phi) is 3.27. The Morgan fingerprint density at radius 2 is 2.05 bits per heavy atom. The average Bonchev–Trinajstić information content (AvgIpc) is 2.99. The summed E-state index contributed by atoms with van der Waals surface area (Å²) in [6.45, 7) is 0.0460. The Morgan fingerprint density at radius 3 is 2.76 bits per heavy atom. The molecule has 0 saturated heterocycles. The molecular weight excluding hydrogens is 314 g/mol. The molecule has 5 nitrogen and oxygen atoms in total. The van der Waals surface area contributed by atoms with Gasteiger partial charge in [-0.15, -0.1) is 11.3 Å². The van der Waals surface area contributed by atoms with E-state index >= 15 is 0 Å². The fraction of sp³-hybridized carbons (Fsp3) is 0.0714. The summed E-state index contributed by atoms with van der Waals surface area (Å²) in [5.41, 5.74) is 1.20. The van der Waals surface area contributed by atoms with Gasteiger partial charge < -0.3 is 10.0 Å². The van der Waals surface area contributed by atoms with Crippen molar-refractivity contribution < 1.29 is 19.5 Å². The van der Waals surface area contributed by atoms with Crippen molar-refractivity contribution in [1.82, 2.24) is 0 Å². The van der Waals surface area contributed by atoms with Crippen molar-refractivity contribution in [2.24, 2.45) is 0 Å². The zero-order valence-electron chi connectivity index (χ0n) is 10.5. The number of thiophene rings is 1. The lowest BCUT2D eigenvalue weighted by atomic mass is 10.1. The van der Waals surface area contributed by atoms with Gasteiger partial charge in [-0.1, -0.05) is 11.6 Å². The second-order valence-corrected chi connectivity index (χ2v) is 5.81. The minimum absolute atomic E-state index is 0.0460. The van der Waals surface area contributed by atoms with Gasteiger partial charge in [0.05, 0.1) is 17.8 Å². The van der Waals surface area contributed by atoms with Crippen molar-refractivity contribution >= 4 is 46.3 Å². The smallest absolute Gasteiger partial charge is 0.346 e. The van der Waals surface area contributed by atoms with Gasteiger partial charge in [0.15, 0.2) is 0 Å². The van der Waals surface area contributed by atoms with E-state index in [0.717, 1.165) is 11.3 Å². The molecule has 0 atom stereocenters. The fourth-order valence-electron chi connectivity index (χ4n) is 2.25. The number of fused-ring (bicyclic) bond motifs is 1. The molecule has 3 rings (SSSR count). The first-order valence-electron chi connectivity index (χ1n) is 5.94. The van der Waals surface area contributed by atoms with E-state index in [1.807, 2.05) is 0 Å². The first kappa shape index (κ1) is 13.8. The topological polar surface area (TPSA) is 74.7 Å². The number of carboxylic acids is 1. The minimum Gasteiger partial charge on any atom is -0.477 e. The van der Waals surface area contributed by atoms with E-state index in [4.69, 9.17) is 16.7 Å². The van der Waals surface area contributed by atoms with Crippen molar-refractivity contribution in [1.29, 1.82) is 0 Å². The number of hydrogen-bond donors (Lipinski definition) is 1. The van der Waals surface area contributed by atoms with Crippen LogP contribution in [-0.4, -0.2) is 22.8 Å². The molecule has 2 heterocycles. The number of aromatic carboxylic acids is 1. The number of halogens is 1. The van der Waals surface area contributed by atoms with E-state index in [9.17, 15) is 14.4 Å². The van der Waals surface area contributed by atoms with E-state index in [0.29, 0.717) is 16.3 Å². The molecule has 0 saturated carbocycles. The molecule has 0 radical (unpaired) electrons. The molecule has 1 aliphatic heterocycles. The number of carboxylic acid groups (broad SMARTS) is 1. The molecule has 0 spiro atoms. The highest BCUT2D eigenvalue weighted by molar-refractivity contribution is 7.12. The highest BCUT2D eigenvalue weighted by Gasteiger charge is 2.36. The first-order chi connectivity index (χ1) is 9.99. The molecule has 106 valence electrons. The second-order valence-electron chi connectivity index (χ2n) is 4.46. The monoisotopic (exact) mass is 321 g/mol. The summed E-state index contributed by atoms with van der Waals surface area (Å²) >= 11 is 6.92. The summed E-state index contributed by atoms with van der Waals surface area (Å²) in [4.78, 5) is 36.6. The Morgan fingerprint density at radius 1 is 1.29 bits per heavy atom. The third kappa shape index (κ3) is 2.22. The van der Waals surface area contributed by atoms with Crippen molar-refractivity contribution in [2.45, 2.75) is 6.54 Å². The molecule has 21 heavy (non-hydrogen) atoms. The predicted molar refractivity (Wildman–Crippen MR) is 78.3 cm³/mol. The van der Waals surface area contributed by atoms with Gasteiger partial charge in [-0.25, -0.2) is 4.79 Å². The van der Waals surface area contributed by atoms with Gasteiger partial charge in [0.2, 0.25) is 0 Å². The molecular formula is C14H8ClNO4S. The minimum atomic E-state index is -1.05. The van der Waals surface area contributed by atoms with Gasteiger partial charge in [-0.05, 0) is 35.2 Å². The summed E-state index contributed by atoms with van der Waals surface area (Å²) in [6.07, 6.45) is 0. The van der Waals surface area contributed by atoms with Crippen LogP contribution >= 0.6 is 22.9 Å². The van der Waals surface area contributed by atoms with E-state index in [1.54, 1.807) is 23.6 Å². The second kappa shape index (κ2) is 4.98. The van der Waals surface area contributed by atoms with Crippen LogP contribution in [0.2, 0.25) is 5.02 Å². The highest BCUT2D eigenvalue weighted by Crippen LogP contribution is 2.33.